The molecule has 0 spiro atoms. The molecule has 0 bridgehead atoms. The molecule has 0 N–H and O–H groups in total. The Labute approximate surface area is 200 Å². The van der Waals surface area contributed by atoms with E-state index in [0.29, 0.717) is 6.54 Å². The standard InChI is InChI=1S/C30H39N3/c1-9-15-24(7)33-30(8,19-10-2)20-18-27-25-16-13-14-17-26(25)28(12-4)32-29(27)22(5)21-31-23(6)11-3/h9-17,19,27,29H,3-5,18,20-21H2,1-2,6-8H3/b15-9-,19-10-,31-23+,33-24-. The van der Waals surface area contributed by atoms with E-state index in [0.717, 1.165) is 41.1 Å². The van der Waals surface area contributed by atoms with Gasteiger partial charge in [-0.05, 0) is 76.8 Å². The highest BCUT2D eigenvalue weighted by Crippen LogP contribution is 2.39. The van der Waals surface area contributed by atoms with Crippen molar-refractivity contribution in [2.75, 3.05) is 6.54 Å². The van der Waals surface area contributed by atoms with Crippen molar-refractivity contribution in [1.82, 2.24) is 0 Å². The first-order chi connectivity index (χ1) is 15.8. The molecule has 3 nitrogen and oxygen atoms in total. The predicted octanol–water partition coefficient (Wildman–Crippen LogP) is 7.48. The van der Waals surface area contributed by atoms with Crippen molar-refractivity contribution in [2.24, 2.45) is 15.0 Å². The molecule has 1 aromatic carbocycles. The minimum atomic E-state index is -0.279. The zero-order chi connectivity index (χ0) is 24.4. The van der Waals surface area contributed by atoms with E-state index in [2.05, 4.69) is 88.0 Å². The molecule has 1 aliphatic rings. The predicted molar refractivity (Wildman–Crippen MR) is 147 cm³/mol. The van der Waals surface area contributed by atoms with E-state index >= 15 is 0 Å². The summed E-state index contributed by atoms with van der Waals surface area (Å²) in [6, 6.07) is 8.48. The second-order valence-electron chi connectivity index (χ2n) is 8.83. The molecule has 1 aromatic rings. The van der Waals surface area contributed by atoms with Crippen molar-refractivity contribution < 1.29 is 0 Å². The molecular weight excluding hydrogens is 402 g/mol. The number of hydrogen-bond acceptors (Lipinski definition) is 3. The Bertz CT molecular complexity index is 1020. The van der Waals surface area contributed by atoms with E-state index in [9.17, 15) is 0 Å². The Balaban J connectivity index is 2.45. The maximum Gasteiger partial charge on any atom is 0.0800 e. The van der Waals surface area contributed by atoms with E-state index in [1.54, 1.807) is 6.08 Å². The lowest BCUT2D eigenvalue weighted by atomic mass is 9.76. The first kappa shape index (κ1) is 26.2. The normalized spacial score (nSPS) is 20.9. The van der Waals surface area contributed by atoms with Crippen LogP contribution in [0, 0.1) is 0 Å². The lowest BCUT2D eigenvalue weighted by molar-refractivity contribution is 0.444. The summed E-state index contributed by atoms with van der Waals surface area (Å²) in [7, 11) is 0. The van der Waals surface area contributed by atoms with Crippen LogP contribution < -0.4 is 0 Å². The van der Waals surface area contributed by atoms with Crippen LogP contribution in [-0.2, 0) is 0 Å². The zero-order valence-electron chi connectivity index (χ0n) is 21.0. The van der Waals surface area contributed by atoms with Crippen molar-refractivity contribution >= 4 is 17.1 Å². The lowest BCUT2D eigenvalue weighted by Crippen LogP contribution is -2.30. The third-order valence-electron chi connectivity index (χ3n) is 6.06. The minimum Gasteiger partial charge on any atom is -0.286 e. The lowest BCUT2D eigenvalue weighted by Gasteiger charge is -2.34. The van der Waals surface area contributed by atoms with Gasteiger partial charge in [0.2, 0.25) is 0 Å². The van der Waals surface area contributed by atoms with E-state index in [1.807, 2.05) is 26.0 Å². The van der Waals surface area contributed by atoms with Gasteiger partial charge < -0.3 is 0 Å². The van der Waals surface area contributed by atoms with Gasteiger partial charge >= 0.3 is 0 Å². The largest absolute Gasteiger partial charge is 0.286 e. The van der Waals surface area contributed by atoms with E-state index in [-0.39, 0.29) is 17.5 Å². The molecule has 0 saturated carbocycles. The first-order valence-corrected chi connectivity index (χ1v) is 11.7. The van der Waals surface area contributed by atoms with Gasteiger partial charge in [0, 0.05) is 22.9 Å². The Morgan fingerprint density at radius 1 is 1.12 bits per heavy atom. The van der Waals surface area contributed by atoms with Gasteiger partial charge in [-0.1, -0.05) is 62.2 Å². The van der Waals surface area contributed by atoms with Crippen LogP contribution in [0.3, 0.4) is 0 Å². The van der Waals surface area contributed by atoms with Gasteiger partial charge in [-0.3, -0.25) is 15.0 Å². The molecule has 0 radical (unpaired) electrons. The van der Waals surface area contributed by atoms with Crippen molar-refractivity contribution in [1.29, 1.82) is 0 Å². The third kappa shape index (κ3) is 6.95. The van der Waals surface area contributed by atoms with Gasteiger partial charge in [0.1, 0.15) is 0 Å². The fourth-order valence-corrected chi connectivity index (χ4v) is 4.43. The van der Waals surface area contributed by atoms with Crippen LogP contribution in [0.15, 0.2) is 101 Å². The van der Waals surface area contributed by atoms with E-state index in [1.165, 1.54) is 5.56 Å². The fourth-order valence-electron chi connectivity index (χ4n) is 4.43. The molecule has 33 heavy (non-hydrogen) atoms. The van der Waals surface area contributed by atoms with Gasteiger partial charge in [-0.15, -0.1) is 0 Å². The average Bonchev–Trinajstić information content (AvgIpc) is 2.80. The molecule has 0 fully saturated rings. The molecule has 0 aliphatic carbocycles. The number of rotatable bonds is 11. The second-order valence-corrected chi connectivity index (χ2v) is 8.83. The Kier molecular flexibility index (Phi) is 9.72. The number of hydrogen-bond donors (Lipinski definition) is 0. The van der Waals surface area contributed by atoms with Crippen LogP contribution in [-0.4, -0.2) is 35.3 Å². The number of aliphatic imine (C=N–C) groups is 3. The molecule has 2 rings (SSSR count). The zero-order valence-corrected chi connectivity index (χ0v) is 21.0. The van der Waals surface area contributed by atoms with Gasteiger partial charge in [0.25, 0.3) is 0 Å². The van der Waals surface area contributed by atoms with Crippen molar-refractivity contribution in [3.63, 3.8) is 0 Å². The summed E-state index contributed by atoms with van der Waals surface area (Å²) in [6.07, 6.45) is 13.9. The molecule has 174 valence electrons. The molecule has 1 heterocycles. The molecule has 3 heteroatoms. The van der Waals surface area contributed by atoms with E-state index < -0.39 is 0 Å². The molecule has 0 aromatic heterocycles. The molecule has 3 atom stereocenters. The summed E-state index contributed by atoms with van der Waals surface area (Å²) in [5.41, 5.74) is 6.06. The van der Waals surface area contributed by atoms with Crippen molar-refractivity contribution in [3.05, 3.63) is 97.2 Å². The highest BCUT2D eigenvalue weighted by molar-refractivity contribution is 6.10. The molecule has 1 aliphatic heterocycles. The van der Waals surface area contributed by atoms with Crippen LogP contribution in [0.1, 0.15) is 64.5 Å². The number of allylic oxidation sites excluding steroid dienone is 5. The smallest absolute Gasteiger partial charge is 0.0800 e. The number of nitrogens with zero attached hydrogens (tertiary/aromatic N) is 3. The van der Waals surface area contributed by atoms with Gasteiger partial charge in [-0.2, -0.15) is 0 Å². The SMILES string of the molecule is C=CC1=NC(C(=C)C/N=C(\C)C=C)C(CCC(C)(/C=C\C)/N=C(C)\C=C/C)c2ccccc21. The summed E-state index contributed by atoms with van der Waals surface area (Å²) in [5, 5.41) is 0. The summed E-state index contributed by atoms with van der Waals surface area (Å²) in [4.78, 5) is 14.8. The number of benzene rings is 1. The van der Waals surface area contributed by atoms with Gasteiger partial charge in [-0.25, -0.2) is 0 Å². The Morgan fingerprint density at radius 3 is 2.48 bits per heavy atom. The van der Waals surface area contributed by atoms with Crippen molar-refractivity contribution in [2.45, 2.75) is 65.0 Å². The third-order valence-corrected chi connectivity index (χ3v) is 6.06. The summed E-state index contributed by atoms with van der Waals surface area (Å²) < 4.78 is 0. The van der Waals surface area contributed by atoms with Crippen LogP contribution in [0.4, 0.5) is 0 Å². The fraction of sp³-hybridized carbons (Fsp3) is 0.367. The maximum atomic E-state index is 5.10. The van der Waals surface area contributed by atoms with Gasteiger partial charge in [0.05, 0.1) is 23.8 Å². The average molecular weight is 442 g/mol. The monoisotopic (exact) mass is 441 g/mol. The van der Waals surface area contributed by atoms with Crippen LogP contribution >= 0.6 is 0 Å². The van der Waals surface area contributed by atoms with Crippen LogP contribution in [0.2, 0.25) is 0 Å². The number of fused-ring (bicyclic) bond motifs is 1. The molecule has 3 unspecified atom stereocenters. The van der Waals surface area contributed by atoms with Crippen LogP contribution in [0.25, 0.3) is 0 Å². The highest BCUT2D eigenvalue weighted by Gasteiger charge is 2.33. The first-order valence-electron chi connectivity index (χ1n) is 11.7. The topological polar surface area (TPSA) is 37.1 Å². The summed E-state index contributed by atoms with van der Waals surface area (Å²) >= 11 is 0. The summed E-state index contributed by atoms with van der Waals surface area (Å²) in [6.45, 7) is 23.1. The second kappa shape index (κ2) is 12.2. The highest BCUT2D eigenvalue weighted by atomic mass is 14.9. The Hall–Kier alpha value is -3.07. The van der Waals surface area contributed by atoms with Gasteiger partial charge in [0.15, 0.2) is 0 Å². The minimum absolute atomic E-state index is 0.0512. The van der Waals surface area contributed by atoms with Crippen molar-refractivity contribution in [3.8, 4) is 0 Å². The maximum absolute atomic E-state index is 5.10. The molecular formula is C30H39N3. The Morgan fingerprint density at radius 2 is 1.85 bits per heavy atom. The summed E-state index contributed by atoms with van der Waals surface area (Å²) in [5.74, 6) is 0.207. The van der Waals surface area contributed by atoms with E-state index in [4.69, 9.17) is 9.98 Å². The molecule has 0 amide bonds. The molecule has 0 saturated heterocycles. The quantitative estimate of drug-likeness (QED) is 0.252. The van der Waals surface area contributed by atoms with Crippen LogP contribution in [0.5, 0.6) is 0 Å².